The average Bonchev–Trinajstić information content (AvgIpc) is 2.76. The Morgan fingerprint density at radius 1 is 1.00 bits per heavy atom. The molecule has 0 aliphatic carbocycles. The minimum absolute atomic E-state index is 0.555. The maximum atomic E-state index is 12.3. The van der Waals surface area contributed by atoms with Crippen LogP contribution in [0.15, 0.2) is 36.4 Å². The molecule has 0 saturated carbocycles. The van der Waals surface area contributed by atoms with Crippen molar-refractivity contribution >= 4 is 17.6 Å². The number of rotatable bonds is 2. The number of alkyl halides is 3. The molecule has 0 amide bonds. The van der Waals surface area contributed by atoms with Crippen LogP contribution >= 0.6 is 11.3 Å². The third kappa shape index (κ3) is 2.55. The lowest BCUT2D eigenvalue weighted by molar-refractivity contribution is -0.137. The second-order valence-electron chi connectivity index (χ2n) is 3.39. The number of thiophene rings is 1. The van der Waals surface area contributed by atoms with Crippen molar-refractivity contribution in [2.45, 2.75) is 6.18 Å². The highest BCUT2D eigenvalue weighted by atomic mass is 32.1. The molecule has 2 rings (SSSR count). The Hall–Kier alpha value is -1.62. The lowest BCUT2D eigenvalue weighted by Crippen LogP contribution is -2.03. The molecule has 5 heteroatoms. The zero-order valence-electron chi connectivity index (χ0n) is 8.49. The summed E-state index contributed by atoms with van der Waals surface area (Å²) < 4.78 is 37.0. The quantitative estimate of drug-likeness (QED) is 0.734. The molecular formula is C12H7F3OS. The van der Waals surface area contributed by atoms with Gasteiger partial charge in [-0.15, -0.1) is 11.3 Å². The largest absolute Gasteiger partial charge is 0.416 e. The summed E-state index contributed by atoms with van der Waals surface area (Å²) in [5, 5.41) is 0. The number of carbonyl (C=O) groups excluding carboxylic acids is 1. The molecule has 0 N–H and O–H groups in total. The lowest BCUT2D eigenvalue weighted by Gasteiger charge is -2.06. The van der Waals surface area contributed by atoms with Crippen LogP contribution in [0.2, 0.25) is 0 Å². The van der Waals surface area contributed by atoms with Crippen LogP contribution in [0.3, 0.4) is 0 Å². The first-order valence-electron chi connectivity index (χ1n) is 4.73. The molecule has 0 unspecified atom stereocenters. The molecule has 0 bridgehead atoms. The Balaban J connectivity index is 2.32. The van der Waals surface area contributed by atoms with Gasteiger partial charge in [-0.05, 0) is 29.8 Å². The molecule has 0 atom stereocenters. The molecule has 1 heterocycles. The fourth-order valence-corrected chi connectivity index (χ4v) is 2.22. The predicted molar refractivity (Wildman–Crippen MR) is 60.1 cm³/mol. The van der Waals surface area contributed by atoms with Gasteiger partial charge in [0.2, 0.25) is 0 Å². The van der Waals surface area contributed by atoms with E-state index in [0.717, 1.165) is 23.3 Å². The fraction of sp³-hybridized carbons (Fsp3) is 0.0833. The van der Waals surface area contributed by atoms with E-state index in [1.165, 1.54) is 23.5 Å². The Labute approximate surface area is 99.5 Å². The zero-order valence-corrected chi connectivity index (χ0v) is 9.31. The van der Waals surface area contributed by atoms with Gasteiger partial charge in [0, 0.05) is 4.88 Å². The molecule has 2 aromatic rings. The highest BCUT2D eigenvalue weighted by molar-refractivity contribution is 7.17. The van der Waals surface area contributed by atoms with Crippen LogP contribution in [-0.4, -0.2) is 6.29 Å². The molecule has 0 aliphatic rings. The molecule has 0 spiro atoms. The molecule has 0 fully saturated rings. The van der Waals surface area contributed by atoms with Crippen molar-refractivity contribution in [1.29, 1.82) is 0 Å². The van der Waals surface area contributed by atoms with E-state index in [9.17, 15) is 18.0 Å². The summed E-state index contributed by atoms with van der Waals surface area (Å²) in [4.78, 5) is 11.8. The van der Waals surface area contributed by atoms with Gasteiger partial charge in [0.1, 0.15) is 0 Å². The van der Waals surface area contributed by atoms with Crippen molar-refractivity contribution in [3.63, 3.8) is 0 Å². The summed E-state index contributed by atoms with van der Waals surface area (Å²) in [5.41, 5.74) is 0.00418. The first kappa shape index (κ1) is 11.9. The summed E-state index contributed by atoms with van der Waals surface area (Å²) >= 11 is 1.25. The lowest BCUT2D eigenvalue weighted by atomic mass is 10.1. The molecule has 17 heavy (non-hydrogen) atoms. The Bertz CT molecular complexity index is 525. The van der Waals surface area contributed by atoms with Crippen molar-refractivity contribution in [2.24, 2.45) is 0 Å². The topological polar surface area (TPSA) is 17.1 Å². The van der Waals surface area contributed by atoms with Crippen molar-refractivity contribution in [2.75, 3.05) is 0 Å². The van der Waals surface area contributed by atoms with Crippen molar-refractivity contribution in [3.8, 4) is 10.4 Å². The fourth-order valence-electron chi connectivity index (χ4n) is 1.39. The molecule has 1 nitrogen and oxygen atoms in total. The summed E-state index contributed by atoms with van der Waals surface area (Å²) in [6, 6.07) is 8.25. The van der Waals surface area contributed by atoms with Crippen molar-refractivity contribution in [3.05, 3.63) is 46.8 Å². The van der Waals surface area contributed by atoms with E-state index < -0.39 is 11.7 Å². The monoisotopic (exact) mass is 256 g/mol. The highest BCUT2D eigenvalue weighted by Crippen LogP contribution is 2.32. The Morgan fingerprint density at radius 2 is 1.65 bits per heavy atom. The van der Waals surface area contributed by atoms with Crippen LogP contribution in [0.1, 0.15) is 15.2 Å². The molecule has 0 aliphatic heterocycles. The van der Waals surface area contributed by atoms with Gasteiger partial charge in [0.15, 0.2) is 6.29 Å². The molecule has 0 radical (unpaired) electrons. The number of hydrogen-bond donors (Lipinski definition) is 0. The van der Waals surface area contributed by atoms with Gasteiger partial charge in [0.25, 0.3) is 0 Å². The van der Waals surface area contributed by atoms with Gasteiger partial charge in [-0.2, -0.15) is 13.2 Å². The summed E-state index contributed by atoms with van der Waals surface area (Å²) in [6.45, 7) is 0. The van der Waals surface area contributed by atoms with Crippen LogP contribution in [0.4, 0.5) is 13.2 Å². The van der Waals surface area contributed by atoms with Gasteiger partial charge >= 0.3 is 6.18 Å². The van der Waals surface area contributed by atoms with E-state index >= 15 is 0 Å². The van der Waals surface area contributed by atoms with Crippen molar-refractivity contribution in [1.82, 2.24) is 0 Å². The number of benzene rings is 1. The van der Waals surface area contributed by atoms with E-state index in [1.807, 2.05) is 0 Å². The summed E-state index contributed by atoms with van der Waals surface area (Å²) in [7, 11) is 0. The normalized spacial score (nSPS) is 11.5. The second kappa shape index (κ2) is 4.33. The highest BCUT2D eigenvalue weighted by Gasteiger charge is 2.29. The molecule has 1 aromatic heterocycles. The Kier molecular flexibility index (Phi) is 3.02. The van der Waals surface area contributed by atoms with E-state index in [0.29, 0.717) is 10.4 Å². The van der Waals surface area contributed by atoms with Gasteiger partial charge in [-0.3, -0.25) is 4.79 Å². The number of carbonyl (C=O) groups is 1. The maximum absolute atomic E-state index is 12.3. The van der Waals surface area contributed by atoms with Gasteiger partial charge in [-0.25, -0.2) is 0 Å². The summed E-state index contributed by atoms with van der Waals surface area (Å²) in [6.07, 6.45) is -3.60. The van der Waals surface area contributed by atoms with E-state index in [-0.39, 0.29) is 0 Å². The van der Waals surface area contributed by atoms with Gasteiger partial charge in [-0.1, -0.05) is 12.1 Å². The first-order valence-corrected chi connectivity index (χ1v) is 5.55. The maximum Gasteiger partial charge on any atom is 0.416 e. The van der Waals surface area contributed by atoms with Crippen LogP contribution in [0.25, 0.3) is 10.4 Å². The smallest absolute Gasteiger partial charge is 0.297 e. The molecule has 1 aromatic carbocycles. The number of halogens is 3. The zero-order chi connectivity index (χ0) is 12.5. The van der Waals surface area contributed by atoms with Crippen LogP contribution in [0, 0.1) is 0 Å². The number of hydrogen-bond acceptors (Lipinski definition) is 2. The van der Waals surface area contributed by atoms with E-state index in [4.69, 9.17) is 0 Å². The third-order valence-electron chi connectivity index (χ3n) is 2.24. The van der Waals surface area contributed by atoms with Crippen LogP contribution in [0.5, 0.6) is 0 Å². The standard InChI is InChI=1S/C12H7F3OS/c13-12(14,15)9-3-1-8(2-4-9)11-6-5-10(7-16)17-11/h1-7H. The van der Waals surface area contributed by atoms with Gasteiger partial charge < -0.3 is 0 Å². The van der Waals surface area contributed by atoms with E-state index in [1.54, 1.807) is 12.1 Å². The Morgan fingerprint density at radius 3 is 2.12 bits per heavy atom. The summed E-state index contributed by atoms with van der Waals surface area (Å²) in [5.74, 6) is 0. The average molecular weight is 256 g/mol. The minimum Gasteiger partial charge on any atom is -0.297 e. The minimum atomic E-state index is -4.32. The first-order chi connectivity index (χ1) is 8.00. The van der Waals surface area contributed by atoms with Crippen molar-refractivity contribution < 1.29 is 18.0 Å². The SMILES string of the molecule is O=Cc1ccc(-c2ccc(C(F)(F)F)cc2)s1. The van der Waals surface area contributed by atoms with Crippen LogP contribution in [-0.2, 0) is 6.18 Å². The number of aldehydes is 1. The third-order valence-corrected chi connectivity index (χ3v) is 3.30. The van der Waals surface area contributed by atoms with Crippen LogP contribution < -0.4 is 0 Å². The molecular weight excluding hydrogens is 249 g/mol. The van der Waals surface area contributed by atoms with Gasteiger partial charge in [0.05, 0.1) is 10.4 Å². The molecule has 88 valence electrons. The predicted octanol–water partition coefficient (Wildman–Crippen LogP) is 4.25. The second-order valence-corrected chi connectivity index (χ2v) is 4.51. The molecule has 0 saturated heterocycles. The van der Waals surface area contributed by atoms with E-state index in [2.05, 4.69) is 0 Å².